The predicted octanol–water partition coefficient (Wildman–Crippen LogP) is 4.50. The Morgan fingerprint density at radius 2 is 1.85 bits per heavy atom. The summed E-state index contributed by atoms with van der Waals surface area (Å²) in [6.45, 7) is 11.2. The van der Waals surface area contributed by atoms with Crippen molar-refractivity contribution in [3.63, 3.8) is 0 Å². The van der Waals surface area contributed by atoms with Crippen LogP contribution in [0, 0.1) is 19.7 Å². The number of nitrogens with zero attached hydrogens (tertiary/aromatic N) is 4. The van der Waals surface area contributed by atoms with E-state index in [0.29, 0.717) is 23.0 Å². The normalized spacial score (nSPS) is 14.2. The zero-order valence-electron chi connectivity index (χ0n) is 18.9. The molecule has 1 saturated heterocycles. The molecule has 3 aromatic rings. The lowest BCUT2D eigenvalue weighted by Crippen LogP contribution is -2.43. The summed E-state index contributed by atoms with van der Waals surface area (Å²) >= 11 is 0. The van der Waals surface area contributed by atoms with E-state index in [2.05, 4.69) is 54.7 Å². The molecule has 4 rings (SSSR count). The number of rotatable bonds is 7. The minimum atomic E-state index is -0.237. The molecule has 3 N–H and O–H groups in total. The molecule has 1 aliphatic heterocycles. The van der Waals surface area contributed by atoms with Crippen molar-refractivity contribution in [2.45, 2.75) is 13.8 Å². The summed E-state index contributed by atoms with van der Waals surface area (Å²) in [4.78, 5) is 15.2. The van der Waals surface area contributed by atoms with Gasteiger partial charge in [0, 0.05) is 49.3 Å². The molecular formula is C25H28FN7. The maximum Gasteiger partial charge on any atom is 0.229 e. The Hall–Kier alpha value is -3.78. The van der Waals surface area contributed by atoms with Gasteiger partial charge in [-0.25, -0.2) is 9.37 Å². The van der Waals surface area contributed by atoms with E-state index < -0.39 is 0 Å². The van der Waals surface area contributed by atoms with Gasteiger partial charge in [-0.3, -0.25) is 4.99 Å². The predicted molar refractivity (Wildman–Crippen MR) is 134 cm³/mol. The second-order valence-electron chi connectivity index (χ2n) is 7.87. The molecule has 0 atom stereocenters. The Balaban J connectivity index is 1.49. The Bertz CT molecular complexity index is 1150. The molecule has 7 nitrogen and oxygen atoms in total. The monoisotopic (exact) mass is 445 g/mol. The summed E-state index contributed by atoms with van der Waals surface area (Å²) < 4.78 is 13.9. The Morgan fingerprint density at radius 1 is 1.09 bits per heavy atom. The molecule has 0 aliphatic carbocycles. The topological polar surface area (TPSA) is 77.5 Å². The third-order valence-electron chi connectivity index (χ3n) is 5.76. The van der Waals surface area contributed by atoms with Gasteiger partial charge < -0.3 is 20.9 Å². The number of anilines is 4. The van der Waals surface area contributed by atoms with E-state index >= 15 is 0 Å². The summed E-state index contributed by atoms with van der Waals surface area (Å²) in [5, 5.41) is 9.88. The van der Waals surface area contributed by atoms with Crippen molar-refractivity contribution in [2.75, 3.05) is 41.7 Å². The van der Waals surface area contributed by atoms with E-state index in [1.165, 1.54) is 11.8 Å². The van der Waals surface area contributed by atoms with Crippen molar-refractivity contribution in [3.05, 3.63) is 77.4 Å². The summed E-state index contributed by atoms with van der Waals surface area (Å²) in [6, 6.07) is 13.2. The van der Waals surface area contributed by atoms with E-state index in [0.717, 1.165) is 43.0 Å². The third-order valence-corrected chi connectivity index (χ3v) is 5.76. The van der Waals surface area contributed by atoms with Crippen LogP contribution in [0.4, 0.5) is 27.5 Å². The fraction of sp³-hybridized carbons (Fsp3) is 0.240. The first-order chi connectivity index (χ1) is 16.0. The average molecular weight is 446 g/mol. The van der Waals surface area contributed by atoms with Crippen molar-refractivity contribution in [2.24, 2.45) is 4.99 Å². The lowest BCUT2D eigenvalue weighted by atomic mass is 10.0. The second-order valence-corrected chi connectivity index (χ2v) is 7.87. The number of piperazine rings is 1. The first-order valence-electron chi connectivity index (χ1n) is 10.9. The van der Waals surface area contributed by atoms with Crippen LogP contribution < -0.4 is 20.9 Å². The minimum Gasteiger partial charge on any atom is -0.369 e. The highest BCUT2D eigenvalue weighted by molar-refractivity contribution is 5.78. The number of nitrogens with one attached hydrogen (secondary N) is 3. The standard InChI is InChI=1S/C25H28FN7/c1-17-18(2)22(26)9-8-21(17)23(16-27-3)31-24-10-11-29-25(32-24)30-19-4-6-20(7-5-19)33-14-12-28-13-15-33/h4-11,16,28H,3,12-15H2,1-2H3,(H2,29,30,31,32)/b23-16+. The van der Waals surface area contributed by atoms with Gasteiger partial charge in [-0.15, -0.1) is 0 Å². The molecule has 1 aromatic heterocycles. The number of halogens is 1. The van der Waals surface area contributed by atoms with E-state index in [1.807, 2.05) is 19.1 Å². The van der Waals surface area contributed by atoms with E-state index in [1.54, 1.807) is 31.5 Å². The minimum absolute atomic E-state index is 0.237. The fourth-order valence-corrected chi connectivity index (χ4v) is 3.77. The van der Waals surface area contributed by atoms with Crippen LogP contribution in [0.5, 0.6) is 0 Å². The molecule has 0 radical (unpaired) electrons. The molecule has 2 aromatic carbocycles. The molecule has 1 aliphatic rings. The Kier molecular flexibility index (Phi) is 6.95. The zero-order valence-corrected chi connectivity index (χ0v) is 18.9. The number of benzene rings is 2. The molecular weight excluding hydrogens is 417 g/mol. The molecule has 0 bridgehead atoms. The van der Waals surface area contributed by atoms with Gasteiger partial charge in [0.05, 0.1) is 11.9 Å². The van der Waals surface area contributed by atoms with Crippen LogP contribution in [0.25, 0.3) is 5.70 Å². The molecule has 170 valence electrons. The third kappa shape index (κ3) is 5.35. The lowest BCUT2D eigenvalue weighted by molar-refractivity contribution is 0.589. The molecule has 33 heavy (non-hydrogen) atoms. The molecule has 0 saturated carbocycles. The van der Waals surface area contributed by atoms with Gasteiger partial charge in [-0.1, -0.05) is 0 Å². The fourth-order valence-electron chi connectivity index (χ4n) is 3.77. The zero-order chi connectivity index (χ0) is 23.2. The van der Waals surface area contributed by atoms with Crippen molar-refractivity contribution >= 4 is 35.6 Å². The summed E-state index contributed by atoms with van der Waals surface area (Å²) in [6.07, 6.45) is 3.28. The number of aliphatic imine (C=N–C) groups is 1. The van der Waals surface area contributed by atoms with Gasteiger partial charge in [-0.05, 0) is 74.2 Å². The van der Waals surface area contributed by atoms with Gasteiger partial charge in [0.2, 0.25) is 5.95 Å². The van der Waals surface area contributed by atoms with Crippen molar-refractivity contribution in [1.29, 1.82) is 0 Å². The highest BCUT2D eigenvalue weighted by Gasteiger charge is 2.12. The SMILES string of the molecule is C=N/C=C(/Nc1ccnc(Nc2ccc(N3CCNCC3)cc2)n1)c1ccc(F)c(C)c1C. The van der Waals surface area contributed by atoms with Crippen molar-refractivity contribution in [3.8, 4) is 0 Å². The van der Waals surface area contributed by atoms with Gasteiger partial charge in [-0.2, -0.15) is 4.98 Å². The largest absolute Gasteiger partial charge is 0.369 e. The molecule has 2 heterocycles. The van der Waals surface area contributed by atoms with Gasteiger partial charge in [0.25, 0.3) is 0 Å². The van der Waals surface area contributed by atoms with Gasteiger partial charge >= 0.3 is 0 Å². The number of aromatic nitrogens is 2. The first kappa shape index (κ1) is 22.4. The maximum atomic E-state index is 13.9. The van der Waals surface area contributed by atoms with E-state index in [4.69, 9.17) is 0 Å². The van der Waals surface area contributed by atoms with Crippen LogP contribution >= 0.6 is 0 Å². The summed E-state index contributed by atoms with van der Waals surface area (Å²) in [5.74, 6) is 0.813. The highest BCUT2D eigenvalue weighted by Crippen LogP contribution is 2.26. The number of hydrogen-bond acceptors (Lipinski definition) is 7. The van der Waals surface area contributed by atoms with E-state index in [9.17, 15) is 4.39 Å². The summed E-state index contributed by atoms with van der Waals surface area (Å²) in [5.41, 5.74) is 5.04. The molecule has 0 spiro atoms. The Labute approximate surface area is 193 Å². The summed E-state index contributed by atoms with van der Waals surface area (Å²) in [7, 11) is 0. The van der Waals surface area contributed by atoms with Gasteiger partial charge in [0.1, 0.15) is 11.6 Å². The second kappa shape index (κ2) is 10.2. The van der Waals surface area contributed by atoms with Crippen LogP contribution in [-0.4, -0.2) is 42.9 Å². The average Bonchev–Trinajstić information content (AvgIpc) is 2.84. The molecule has 0 unspecified atom stereocenters. The lowest BCUT2D eigenvalue weighted by Gasteiger charge is -2.29. The van der Waals surface area contributed by atoms with Crippen molar-refractivity contribution < 1.29 is 4.39 Å². The molecule has 1 fully saturated rings. The van der Waals surface area contributed by atoms with Crippen LogP contribution in [0.3, 0.4) is 0 Å². The van der Waals surface area contributed by atoms with Crippen LogP contribution in [0.15, 0.2) is 59.9 Å². The maximum absolute atomic E-state index is 13.9. The van der Waals surface area contributed by atoms with Crippen LogP contribution in [-0.2, 0) is 0 Å². The molecule has 8 heteroatoms. The highest BCUT2D eigenvalue weighted by atomic mass is 19.1. The van der Waals surface area contributed by atoms with Crippen molar-refractivity contribution in [1.82, 2.24) is 15.3 Å². The van der Waals surface area contributed by atoms with Gasteiger partial charge in [0.15, 0.2) is 0 Å². The molecule has 0 amide bonds. The van der Waals surface area contributed by atoms with E-state index in [-0.39, 0.29) is 5.82 Å². The van der Waals surface area contributed by atoms with Crippen LogP contribution in [0.1, 0.15) is 16.7 Å². The number of hydrogen-bond donors (Lipinski definition) is 3. The smallest absolute Gasteiger partial charge is 0.229 e. The van der Waals surface area contributed by atoms with Crippen LogP contribution in [0.2, 0.25) is 0 Å². The quantitative estimate of drug-likeness (QED) is 0.465. The first-order valence-corrected chi connectivity index (χ1v) is 10.9. The Morgan fingerprint density at radius 3 is 2.58 bits per heavy atom.